The molecule has 1 aromatic carbocycles. The molecule has 0 aliphatic carbocycles. The molecule has 18 heavy (non-hydrogen) atoms. The predicted octanol–water partition coefficient (Wildman–Crippen LogP) is 0.361. The zero-order chi connectivity index (χ0) is 13.0. The van der Waals surface area contributed by atoms with Crippen molar-refractivity contribution in [2.45, 2.75) is 0 Å². The number of benzene rings is 1. The van der Waals surface area contributed by atoms with Crippen LogP contribution in [0.2, 0.25) is 0 Å². The minimum Gasteiger partial charge on any atom is -0.423 e. The van der Waals surface area contributed by atoms with E-state index in [1.165, 1.54) is 0 Å². The van der Waals surface area contributed by atoms with E-state index in [2.05, 4.69) is 0 Å². The minimum absolute atomic E-state index is 0.498. The van der Waals surface area contributed by atoms with Crippen LogP contribution in [-0.4, -0.2) is 17.2 Å². The third kappa shape index (κ3) is 3.06. The highest BCUT2D eigenvalue weighted by atomic mass is 16.4. The third-order valence-electron chi connectivity index (χ3n) is 2.78. The molecule has 0 unspecified atom stereocenters. The maximum absolute atomic E-state index is 8.99. The Morgan fingerprint density at radius 1 is 1.00 bits per heavy atom. The molecule has 0 fully saturated rings. The Balaban J connectivity index is 2.17. The molecule has 1 heterocycles. The van der Waals surface area contributed by atoms with Crippen LogP contribution in [0.5, 0.6) is 0 Å². The van der Waals surface area contributed by atoms with E-state index in [9.17, 15) is 0 Å². The van der Waals surface area contributed by atoms with Crippen molar-refractivity contribution in [3.8, 4) is 0 Å². The smallest absolute Gasteiger partial charge is 0.423 e. The van der Waals surface area contributed by atoms with Crippen molar-refractivity contribution in [3.05, 3.63) is 59.9 Å². The second-order valence-corrected chi connectivity index (χ2v) is 4.11. The maximum Gasteiger partial charge on any atom is 0.488 e. The number of nitrogens with zero attached hydrogens (tertiary/aromatic N) is 1. The Labute approximate surface area is 107 Å². The van der Waals surface area contributed by atoms with Crippen molar-refractivity contribution in [1.29, 1.82) is 0 Å². The van der Waals surface area contributed by atoms with E-state index in [0.717, 1.165) is 11.3 Å². The minimum atomic E-state index is -1.41. The average molecular weight is 240 g/mol. The first-order chi connectivity index (χ1) is 8.66. The fourth-order valence-corrected chi connectivity index (χ4v) is 1.67. The lowest BCUT2D eigenvalue weighted by Gasteiger charge is -1.99. The van der Waals surface area contributed by atoms with E-state index in [1.807, 2.05) is 60.3 Å². The first-order valence-electron chi connectivity index (χ1n) is 5.75. The number of hydrogen-bond acceptors (Lipinski definition) is 2. The number of pyridine rings is 1. The van der Waals surface area contributed by atoms with E-state index in [0.29, 0.717) is 5.46 Å². The summed E-state index contributed by atoms with van der Waals surface area (Å²) in [6.07, 6.45) is 6.00. The van der Waals surface area contributed by atoms with Gasteiger partial charge in [-0.1, -0.05) is 24.3 Å². The van der Waals surface area contributed by atoms with Gasteiger partial charge in [-0.15, -0.1) is 0 Å². The number of rotatable bonds is 3. The fraction of sp³-hybridized carbons (Fsp3) is 0.0714. The lowest BCUT2D eigenvalue weighted by Crippen LogP contribution is -2.30. The van der Waals surface area contributed by atoms with Crippen molar-refractivity contribution < 1.29 is 14.6 Å². The maximum atomic E-state index is 8.99. The molecule has 3 nitrogen and oxygen atoms in total. The van der Waals surface area contributed by atoms with Crippen LogP contribution in [0, 0.1) is 0 Å². The van der Waals surface area contributed by atoms with E-state index in [4.69, 9.17) is 10.0 Å². The molecule has 0 atom stereocenters. The van der Waals surface area contributed by atoms with Crippen LogP contribution in [0.1, 0.15) is 11.3 Å². The van der Waals surface area contributed by atoms with Gasteiger partial charge in [0.1, 0.15) is 7.05 Å². The first-order valence-corrected chi connectivity index (χ1v) is 5.75. The Bertz CT molecular complexity index is 550. The molecule has 90 valence electrons. The second kappa shape index (κ2) is 5.62. The molecule has 0 saturated carbocycles. The predicted molar refractivity (Wildman–Crippen MR) is 72.8 cm³/mol. The highest BCUT2D eigenvalue weighted by Gasteiger charge is 2.09. The second-order valence-electron chi connectivity index (χ2n) is 4.11. The van der Waals surface area contributed by atoms with Gasteiger partial charge >= 0.3 is 7.12 Å². The topological polar surface area (TPSA) is 44.3 Å². The van der Waals surface area contributed by atoms with Crippen LogP contribution in [0.15, 0.2) is 48.7 Å². The number of hydrogen-bond donors (Lipinski definition) is 2. The van der Waals surface area contributed by atoms with Crippen molar-refractivity contribution in [3.63, 3.8) is 0 Å². The molecule has 2 rings (SSSR count). The Morgan fingerprint density at radius 3 is 2.33 bits per heavy atom. The monoisotopic (exact) mass is 240 g/mol. The van der Waals surface area contributed by atoms with E-state index in [-0.39, 0.29) is 0 Å². The summed E-state index contributed by atoms with van der Waals surface area (Å²) in [5.74, 6) is 0. The number of aromatic nitrogens is 1. The van der Waals surface area contributed by atoms with Crippen molar-refractivity contribution in [2.75, 3.05) is 0 Å². The zero-order valence-electron chi connectivity index (χ0n) is 10.2. The molecule has 0 amide bonds. The van der Waals surface area contributed by atoms with Gasteiger partial charge in [0.2, 0.25) is 5.69 Å². The van der Waals surface area contributed by atoms with Gasteiger partial charge in [-0.3, -0.25) is 0 Å². The van der Waals surface area contributed by atoms with Crippen LogP contribution in [0.3, 0.4) is 0 Å². The summed E-state index contributed by atoms with van der Waals surface area (Å²) >= 11 is 0. The molecule has 0 radical (unpaired) electrons. The Morgan fingerprint density at radius 2 is 1.72 bits per heavy atom. The quantitative estimate of drug-likeness (QED) is 0.601. The van der Waals surface area contributed by atoms with Crippen LogP contribution in [0.25, 0.3) is 12.2 Å². The van der Waals surface area contributed by atoms with Crippen LogP contribution < -0.4 is 10.0 Å². The summed E-state index contributed by atoms with van der Waals surface area (Å²) < 4.78 is 2.03. The van der Waals surface area contributed by atoms with Gasteiger partial charge in [0, 0.05) is 18.2 Å². The molecule has 0 aliphatic rings. The van der Waals surface area contributed by atoms with Gasteiger partial charge in [-0.2, -0.15) is 0 Å². The molecule has 0 spiro atoms. The molecule has 4 heteroatoms. The van der Waals surface area contributed by atoms with E-state index >= 15 is 0 Å². The number of aryl methyl sites for hydroxylation is 1. The SMILES string of the molecule is C[n+]1ccccc1/C=C/c1ccc(B(O)O)cc1. The van der Waals surface area contributed by atoms with Gasteiger partial charge in [0.15, 0.2) is 6.20 Å². The van der Waals surface area contributed by atoms with Crippen LogP contribution in [0.4, 0.5) is 0 Å². The molecular formula is C14H15BNO2+. The zero-order valence-corrected chi connectivity index (χ0v) is 10.2. The molecule has 0 saturated heterocycles. The van der Waals surface area contributed by atoms with E-state index < -0.39 is 7.12 Å². The molecular weight excluding hydrogens is 225 g/mol. The summed E-state index contributed by atoms with van der Waals surface area (Å²) in [5.41, 5.74) is 2.62. The normalized spacial score (nSPS) is 10.8. The fourth-order valence-electron chi connectivity index (χ4n) is 1.67. The largest absolute Gasteiger partial charge is 0.488 e. The van der Waals surface area contributed by atoms with Gasteiger partial charge in [-0.05, 0) is 23.2 Å². The molecule has 0 aliphatic heterocycles. The van der Waals surface area contributed by atoms with Crippen molar-refractivity contribution in [1.82, 2.24) is 0 Å². The standard InChI is InChI=1S/C14H15BNO2/c1-16-11-3-2-4-14(16)10-7-12-5-8-13(9-6-12)15(17)18/h2-11,17-18H,1H3/q+1/b10-7+. The summed E-state index contributed by atoms with van der Waals surface area (Å²) in [6.45, 7) is 0. The van der Waals surface area contributed by atoms with Gasteiger partial charge < -0.3 is 10.0 Å². The lowest BCUT2D eigenvalue weighted by atomic mass is 9.80. The third-order valence-corrected chi connectivity index (χ3v) is 2.78. The molecule has 0 bridgehead atoms. The molecule has 1 aromatic heterocycles. The molecule has 2 N–H and O–H groups in total. The van der Waals surface area contributed by atoms with Gasteiger partial charge in [0.25, 0.3) is 0 Å². The summed E-state index contributed by atoms with van der Waals surface area (Å²) in [7, 11) is 0.584. The highest BCUT2D eigenvalue weighted by molar-refractivity contribution is 6.58. The van der Waals surface area contributed by atoms with Gasteiger partial charge in [-0.25, -0.2) is 4.57 Å². The summed E-state index contributed by atoms with van der Waals surface area (Å²) in [5, 5.41) is 18.0. The average Bonchev–Trinajstić information content (AvgIpc) is 2.38. The van der Waals surface area contributed by atoms with E-state index in [1.54, 1.807) is 12.1 Å². The Kier molecular flexibility index (Phi) is 3.92. The molecule has 2 aromatic rings. The summed E-state index contributed by atoms with van der Waals surface area (Å²) in [6, 6.07) is 13.1. The van der Waals surface area contributed by atoms with Crippen molar-refractivity contribution in [2.24, 2.45) is 7.05 Å². The highest BCUT2D eigenvalue weighted by Crippen LogP contribution is 2.04. The van der Waals surface area contributed by atoms with Crippen LogP contribution >= 0.6 is 0 Å². The summed E-state index contributed by atoms with van der Waals surface area (Å²) in [4.78, 5) is 0. The van der Waals surface area contributed by atoms with Gasteiger partial charge in [0.05, 0.1) is 0 Å². The Hall–Kier alpha value is -1.91. The van der Waals surface area contributed by atoms with Crippen molar-refractivity contribution >= 4 is 24.7 Å². The van der Waals surface area contributed by atoms with Crippen LogP contribution in [-0.2, 0) is 7.05 Å². The lowest BCUT2D eigenvalue weighted by molar-refractivity contribution is -0.673. The first kappa shape index (κ1) is 12.5.